The maximum Gasteiger partial charge on any atom is 0.306 e. The molecule has 0 saturated carbocycles. The van der Waals surface area contributed by atoms with Gasteiger partial charge in [0.2, 0.25) is 0 Å². The van der Waals surface area contributed by atoms with Crippen LogP contribution in [0, 0.1) is 0 Å². The molecule has 0 aromatic heterocycles. The molecule has 332 valence electrons. The average molecular weight is 809 g/mol. The Morgan fingerprint density at radius 1 is 0.362 bits per heavy atom. The number of carbonyl (C=O) groups excluding carboxylic acids is 3. The molecule has 0 heterocycles. The second-order valence-corrected chi connectivity index (χ2v) is 15.6. The van der Waals surface area contributed by atoms with Gasteiger partial charge in [0.25, 0.3) is 0 Å². The van der Waals surface area contributed by atoms with E-state index in [0.29, 0.717) is 19.3 Å². The van der Waals surface area contributed by atoms with Gasteiger partial charge in [0, 0.05) is 19.3 Å². The van der Waals surface area contributed by atoms with Crippen LogP contribution in [0.5, 0.6) is 0 Å². The quantitative estimate of drug-likeness (QED) is 0.0264. The molecule has 0 fully saturated rings. The highest BCUT2D eigenvalue weighted by Gasteiger charge is 2.19. The molecule has 0 amide bonds. The molecule has 1 unspecified atom stereocenters. The van der Waals surface area contributed by atoms with Crippen molar-refractivity contribution in [3.8, 4) is 0 Å². The minimum absolute atomic E-state index is 0.0968. The smallest absolute Gasteiger partial charge is 0.306 e. The Bertz CT molecular complexity index is 1110. The number of allylic oxidation sites excluding steroid dienone is 12. The van der Waals surface area contributed by atoms with E-state index in [1.165, 1.54) is 44.9 Å². The van der Waals surface area contributed by atoms with Crippen LogP contribution in [0.3, 0.4) is 0 Å². The van der Waals surface area contributed by atoms with E-state index in [4.69, 9.17) is 14.2 Å². The van der Waals surface area contributed by atoms with Crippen molar-refractivity contribution in [1.29, 1.82) is 0 Å². The summed E-state index contributed by atoms with van der Waals surface area (Å²) in [5.74, 6) is -0.952. The van der Waals surface area contributed by atoms with Crippen LogP contribution in [0.1, 0.15) is 220 Å². The molecule has 0 bridgehead atoms. The van der Waals surface area contributed by atoms with E-state index in [9.17, 15) is 14.4 Å². The van der Waals surface area contributed by atoms with Gasteiger partial charge in [0.05, 0.1) is 0 Å². The SMILES string of the molecule is CC/C=C\C/C=C\C/C=C\CCCCCCC(=O)OCC(COC(=O)CCCCCCC/C=C\C/C=C\CC)OC(=O)CCCCC/C=C\CCCCCCCCC. The number of esters is 3. The maximum atomic E-state index is 12.7. The molecule has 0 rings (SSSR count). The fourth-order valence-corrected chi connectivity index (χ4v) is 6.37. The van der Waals surface area contributed by atoms with E-state index in [2.05, 4.69) is 93.7 Å². The summed E-state index contributed by atoms with van der Waals surface area (Å²) in [6.07, 6.45) is 57.4. The van der Waals surface area contributed by atoms with Gasteiger partial charge in [0.1, 0.15) is 13.2 Å². The van der Waals surface area contributed by atoms with E-state index in [-0.39, 0.29) is 31.1 Å². The van der Waals surface area contributed by atoms with Crippen molar-refractivity contribution in [1.82, 2.24) is 0 Å². The summed E-state index contributed by atoms with van der Waals surface area (Å²) < 4.78 is 16.7. The van der Waals surface area contributed by atoms with Gasteiger partial charge in [-0.05, 0) is 103 Å². The molecule has 0 aromatic carbocycles. The predicted molar refractivity (Wildman–Crippen MR) is 247 cm³/mol. The van der Waals surface area contributed by atoms with Crippen LogP contribution >= 0.6 is 0 Å². The first-order valence-corrected chi connectivity index (χ1v) is 23.9. The Labute approximate surface area is 357 Å². The Balaban J connectivity index is 4.46. The zero-order valence-corrected chi connectivity index (χ0v) is 37.8. The van der Waals surface area contributed by atoms with Crippen LogP contribution in [0.2, 0.25) is 0 Å². The molecular formula is C52H88O6. The second kappa shape index (κ2) is 46.5. The molecule has 6 heteroatoms. The number of hydrogen-bond acceptors (Lipinski definition) is 6. The third kappa shape index (κ3) is 44.0. The molecule has 58 heavy (non-hydrogen) atoms. The monoisotopic (exact) mass is 809 g/mol. The highest BCUT2D eigenvalue weighted by atomic mass is 16.6. The average Bonchev–Trinajstić information content (AvgIpc) is 3.22. The lowest BCUT2D eigenvalue weighted by Gasteiger charge is -2.18. The summed E-state index contributed by atoms with van der Waals surface area (Å²) in [5, 5.41) is 0. The predicted octanol–water partition coefficient (Wildman–Crippen LogP) is 15.5. The molecule has 0 aliphatic rings. The van der Waals surface area contributed by atoms with Gasteiger partial charge >= 0.3 is 17.9 Å². The molecule has 0 N–H and O–H groups in total. The zero-order chi connectivity index (χ0) is 42.3. The van der Waals surface area contributed by atoms with Crippen molar-refractivity contribution in [2.24, 2.45) is 0 Å². The van der Waals surface area contributed by atoms with Crippen molar-refractivity contribution in [2.45, 2.75) is 226 Å². The molecular weight excluding hydrogens is 721 g/mol. The van der Waals surface area contributed by atoms with Gasteiger partial charge in [-0.25, -0.2) is 0 Å². The first-order chi connectivity index (χ1) is 28.5. The topological polar surface area (TPSA) is 78.9 Å². The molecule has 0 aliphatic heterocycles. The van der Waals surface area contributed by atoms with Gasteiger partial charge < -0.3 is 14.2 Å². The number of carbonyl (C=O) groups is 3. The van der Waals surface area contributed by atoms with Crippen molar-refractivity contribution in [3.63, 3.8) is 0 Å². The molecule has 6 nitrogen and oxygen atoms in total. The fraction of sp³-hybridized carbons (Fsp3) is 0.712. The fourth-order valence-electron chi connectivity index (χ4n) is 6.37. The lowest BCUT2D eigenvalue weighted by atomic mass is 10.1. The first kappa shape index (κ1) is 54.9. The third-order valence-corrected chi connectivity index (χ3v) is 9.93. The van der Waals surface area contributed by atoms with Crippen molar-refractivity contribution in [2.75, 3.05) is 13.2 Å². The van der Waals surface area contributed by atoms with Crippen molar-refractivity contribution >= 4 is 17.9 Å². The largest absolute Gasteiger partial charge is 0.462 e. The van der Waals surface area contributed by atoms with Gasteiger partial charge in [-0.1, -0.05) is 171 Å². The number of ether oxygens (including phenoxy) is 3. The van der Waals surface area contributed by atoms with Gasteiger partial charge in [-0.3, -0.25) is 14.4 Å². The van der Waals surface area contributed by atoms with Crippen LogP contribution in [-0.2, 0) is 28.6 Å². The molecule has 0 aromatic rings. The minimum Gasteiger partial charge on any atom is -0.462 e. The summed E-state index contributed by atoms with van der Waals surface area (Å²) in [4.78, 5) is 37.8. The van der Waals surface area contributed by atoms with Crippen LogP contribution in [0.15, 0.2) is 72.9 Å². The van der Waals surface area contributed by atoms with Crippen molar-refractivity contribution < 1.29 is 28.6 Å². The highest BCUT2D eigenvalue weighted by Crippen LogP contribution is 2.13. The van der Waals surface area contributed by atoms with Crippen LogP contribution in [0.4, 0.5) is 0 Å². The van der Waals surface area contributed by atoms with Crippen LogP contribution in [0.25, 0.3) is 0 Å². The van der Waals surface area contributed by atoms with Gasteiger partial charge in [-0.15, -0.1) is 0 Å². The Morgan fingerprint density at radius 2 is 0.672 bits per heavy atom. The zero-order valence-electron chi connectivity index (χ0n) is 37.8. The van der Waals surface area contributed by atoms with Crippen LogP contribution in [-0.4, -0.2) is 37.2 Å². The Kier molecular flexibility index (Phi) is 44.0. The molecule has 1 atom stereocenters. The van der Waals surface area contributed by atoms with E-state index in [1.54, 1.807) is 0 Å². The summed E-state index contributed by atoms with van der Waals surface area (Å²) in [6.45, 7) is 6.35. The molecule has 0 aliphatic carbocycles. The summed E-state index contributed by atoms with van der Waals surface area (Å²) >= 11 is 0. The summed E-state index contributed by atoms with van der Waals surface area (Å²) in [7, 11) is 0. The number of hydrogen-bond donors (Lipinski definition) is 0. The first-order valence-electron chi connectivity index (χ1n) is 23.9. The number of rotatable bonds is 42. The van der Waals surface area contributed by atoms with Crippen LogP contribution < -0.4 is 0 Å². The van der Waals surface area contributed by atoms with E-state index >= 15 is 0 Å². The standard InChI is InChI=1S/C52H88O6/c1-4-7-10-13-16-19-22-25-27-30-33-36-39-42-45-51(54)57-48-49(47-56-50(53)44-41-38-35-32-29-24-21-18-15-12-9-6-3)58-52(55)46-43-40-37-34-31-28-26-23-20-17-14-11-8-5-2/h7,9-10,12,16,18-19,21,25,27-28,31,49H,4-6,8,11,13-15,17,20,22-24,26,29-30,32-48H2,1-3H3/b10-7-,12-9-,19-16-,21-18-,27-25-,31-28-. The summed E-state index contributed by atoms with van der Waals surface area (Å²) in [6, 6.07) is 0. The molecule has 0 spiro atoms. The lowest BCUT2D eigenvalue weighted by Crippen LogP contribution is -2.30. The molecule has 0 saturated heterocycles. The lowest BCUT2D eigenvalue weighted by molar-refractivity contribution is -0.167. The third-order valence-electron chi connectivity index (χ3n) is 9.93. The Hall–Kier alpha value is -3.15. The van der Waals surface area contributed by atoms with E-state index < -0.39 is 6.10 Å². The maximum absolute atomic E-state index is 12.7. The van der Waals surface area contributed by atoms with Gasteiger partial charge in [-0.2, -0.15) is 0 Å². The van der Waals surface area contributed by atoms with E-state index in [1.807, 2.05) is 0 Å². The van der Waals surface area contributed by atoms with Gasteiger partial charge in [0.15, 0.2) is 6.10 Å². The summed E-state index contributed by atoms with van der Waals surface area (Å²) in [5.41, 5.74) is 0. The second-order valence-electron chi connectivity index (χ2n) is 15.6. The van der Waals surface area contributed by atoms with Crippen molar-refractivity contribution in [3.05, 3.63) is 72.9 Å². The highest BCUT2D eigenvalue weighted by molar-refractivity contribution is 5.71. The Morgan fingerprint density at radius 3 is 1.09 bits per heavy atom. The molecule has 0 radical (unpaired) electrons. The normalized spacial score (nSPS) is 12.7. The minimum atomic E-state index is -0.796. The number of unbranched alkanes of at least 4 members (excludes halogenated alkanes) is 19. The van der Waals surface area contributed by atoms with E-state index in [0.717, 1.165) is 135 Å².